The highest BCUT2D eigenvalue weighted by atomic mass is 16.2. The summed E-state index contributed by atoms with van der Waals surface area (Å²) >= 11 is 0. The number of urea groups is 1. The van der Waals surface area contributed by atoms with E-state index in [1.54, 1.807) is 0 Å². The molecule has 1 rings (SSSR count). The van der Waals surface area contributed by atoms with Crippen LogP contribution in [0.4, 0.5) is 4.79 Å². The van der Waals surface area contributed by atoms with Crippen LogP contribution in [-0.2, 0) is 9.59 Å². The summed E-state index contributed by atoms with van der Waals surface area (Å²) in [6.07, 6.45) is 0. The average molecular weight is 255 g/mol. The number of imide groups is 2. The van der Waals surface area contributed by atoms with Crippen LogP contribution in [0.3, 0.4) is 0 Å². The van der Waals surface area contributed by atoms with E-state index in [2.05, 4.69) is 5.32 Å². The molecule has 18 heavy (non-hydrogen) atoms. The molecule has 1 aliphatic heterocycles. The maximum absolute atomic E-state index is 11.7. The van der Waals surface area contributed by atoms with Crippen LogP contribution >= 0.6 is 0 Å². The molecule has 1 fully saturated rings. The molecule has 1 saturated heterocycles. The van der Waals surface area contributed by atoms with Gasteiger partial charge in [-0.05, 0) is 33.2 Å². The van der Waals surface area contributed by atoms with E-state index in [9.17, 15) is 14.4 Å². The van der Waals surface area contributed by atoms with Gasteiger partial charge in [0, 0.05) is 19.1 Å². The lowest BCUT2D eigenvalue weighted by Crippen LogP contribution is -2.43. The van der Waals surface area contributed by atoms with E-state index in [1.807, 2.05) is 27.7 Å². The molecule has 1 heterocycles. The van der Waals surface area contributed by atoms with Crippen LogP contribution in [0.2, 0.25) is 0 Å². The fraction of sp³-hybridized carbons (Fsp3) is 0.750. The molecule has 1 atom stereocenters. The summed E-state index contributed by atoms with van der Waals surface area (Å²) in [6, 6.07) is -0.535. The van der Waals surface area contributed by atoms with Gasteiger partial charge in [-0.15, -0.1) is 0 Å². The largest absolute Gasteiger partial charge is 0.333 e. The van der Waals surface area contributed by atoms with Gasteiger partial charge in [-0.1, -0.05) is 6.92 Å². The quantitative estimate of drug-likeness (QED) is 0.584. The standard InChI is InChI=1S/C12H21N3O3/c1-8(6-13-12(2,3)4)7-15-10(17)9(16)14(5)11(15)18/h8,13H,6-7H2,1-5H3. The number of nitrogens with one attached hydrogen (secondary N) is 1. The maximum atomic E-state index is 11.7. The Morgan fingerprint density at radius 3 is 2.11 bits per heavy atom. The lowest BCUT2D eigenvalue weighted by atomic mass is 10.1. The molecular formula is C12H21N3O3. The van der Waals surface area contributed by atoms with Crippen LogP contribution < -0.4 is 5.32 Å². The lowest BCUT2D eigenvalue weighted by molar-refractivity contribution is -0.143. The minimum atomic E-state index is -0.754. The smallest absolute Gasteiger partial charge is 0.312 e. The van der Waals surface area contributed by atoms with E-state index in [4.69, 9.17) is 0 Å². The summed E-state index contributed by atoms with van der Waals surface area (Å²) < 4.78 is 0. The van der Waals surface area contributed by atoms with Crippen molar-refractivity contribution in [2.75, 3.05) is 20.1 Å². The zero-order chi connectivity index (χ0) is 14.1. The molecule has 0 aromatic rings. The third kappa shape index (κ3) is 3.29. The number of hydrogen-bond acceptors (Lipinski definition) is 4. The Morgan fingerprint density at radius 1 is 1.17 bits per heavy atom. The number of likely N-dealkylation sites (N-methyl/N-ethyl adjacent to an activating group) is 1. The van der Waals surface area contributed by atoms with Gasteiger partial charge in [-0.2, -0.15) is 0 Å². The van der Waals surface area contributed by atoms with E-state index in [1.165, 1.54) is 7.05 Å². The average Bonchev–Trinajstić information content (AvgIpc) is 2.43. The van der Waals surface area contributed by atoms with Crippen molar-refractivity contribution in [1.82, 2.24) is 15.1 Å². The summed E-state index contributed by atoms with van der Waals surface area (Å²) in [7, 11) is 1.32. The summed E-state index contributed by atoms with van der Waals surface area (Å²) in [5, 5.41) is 3.30. The molecule has 4 amide bonds. The van der Waals surface area contributed by atoms with E-state index < -0.39 is 17.8 Å². The highest BCUT2D eigenvalue weighted by Crippen LogP contribution is 2.12. The number of nitrogens with zero attached hydrogens (tertiary/aromatic N) is 2. The Morgan fingerprint density at radius 2 is 1.72 bits per heavy atom. The number of carbonyl (C=O) groups is 3. The van der Waals surface area contributed by atoms with Crippen LogP contribution in [0.5, 0.6) is 0 Å². The molecule has 102 valence electrons. The topological polar surface area (TPSA) is 69.7 Å². The molecule has 0 aliphatic carbocycles. The van der Waals surface area contributed by atoms with Crippen molar-refractivity contribution < 1.29 is 14.4 Å². The fourth-order valence-corrected chi connectivity index (χ4v) is 1.63. The van der Waals surface area contributed by atoms with Crippen molar-refractivity contribution >= 4 is 17.8 Å². The minimum Gasteiger partial charge on any atom is -0.312 e. The minimum absolute atomic E-state index is 0.0140. The summed E-state index contributed by atoms with van der Waals surface area (Å²) in [6.45, 7) is 9.01. The van der Waals surface area contributed by atoms with Crippen LogP contribution in [-0.4, -0.2) is 53.3 Å². The number of amides is 4. The van der Waals surface area contributed by atoms with Gasteiger partial charge in [0.25, 0.3) is 0 Å². The van der Waals surface area contributed by atoms with E-state index >= 15 is 0 Å². The summed E-state index contributed by atoms with van der Waals surface area (Å²) in [5.41, 5.74) is -0.0140. The third-order valence-corrected chi connectivity index (χ3v) is 2.73. The fourth-order valence-electron chi connectivity index (χ4n) is 1.63. The molecule has 1 N–H and O–H groups in total. The first kappa shape index (κ1) is 14.6. The monoisotopic (exact) mass is 255 g/mol. The highest BCUT2D eigenvalue weighted by molar-refractivity contribution is 6.44. The molecule has 0 bridgehead atoms. The molecule has 1 unspecified atom stereocenters. The number of carbonyl (C=O) groups excluding carboxylic acids is 3. The number of rotatable bonds is 4. The van der Waals surface area contributed by atoms with E-state index in [-0.39, 0.29) is 18.0 Å². The summed E-state index contributed by atoms with van der Waals surface area (Å²) in [5.74, 6) is -1.39. The Kier molecular flexibility index (Phi) is 4.11. The molecule has 6 heteroatoms. The van der Waals surface area contributed by atoms with Gasteiger partial charge in [0.1, 0.15) is 0 Å². The Hall–Kier alpha value is -1.43. The predicted octanol–water partition coefficient (Wildman–Crippen LogP) is 0.431. The van der Waals surface area contributed by atoms with Crippen LogP contribution in [0, 0.1) is 5.92 Å². The van der Waals surface area contributed by atoms with Crippen molar-refractivity contribution in [3.63, 3.8) is 0 Å². The van der Waals surface area contributed by atoms with Gasteiger partial charge in [-0.3, -0.25) is 19.4 Å². The van der Waals surface area contributed by atoms with Crippen LogP contribution in [0.15, 0.2) is 0 Å². The zero-order valence-electron chi connectivity index (χ0n) is 11.6. The molecule has 0 saturated carbocycles. The van der Waals surface area contributed by atoms with Gasteiger partial charge < -0.3 is 5.32 Å². The summed E-state index contributed by atoms with van der Waals surface area (Å²) in [4.78, 5) is 36.4. The molecule has 0 aromatic carbocycles. The Labute approximate surface area is 107 Å². The maximum Gasteiger partial charge on any atom is 0.333 e. The predicted molar refractivity (Wildman–Crippen MR) is 66.8 cm³/mol. The van der Waals surface area contributed by atoms with Crippen molar-refractivity contribution in [1.29, 1.82) is 0 Å². The first-order valence-electron chi connectivity index (χ1n) is 6.02. The van der Waals surface area contributed by atoms with Crippen molar-refractivity contribution in [2.45, 2.75) is 33.2 Å². The van der Waals surface area contributed by atoms with Crippen LogP contribution in [0.1, 0.15) is 27.7 Å². The third-order valence-electron chi connectivity index (χ3n) is 2.73. The molecule has 0 aromatic heterocycles. The normalized spacial score (nSPS) is 18.8. The first-order chi connectivity index (χ1) is 8.13. The molecule has 1 aliphatic rings. The van der Waals surface area contributed by atoms with Crippen molar-refractivity contribution in [3.05, 3.63) is 0 Å². The van der Waals surface area contributed by atoms with Crippen molar-refractivity contribution in [2.24, 2.45) is 5.92 Å². The first-order valence-corrected chi connectivity index (χ1v) is 6.02. The van der Waals surface area contributed by atoms with Crippen LogP contribution in [0.25, 0.3) is 0 Å². The lowest BCUT2D eigenvalue weighted by Gasteiger charge is -2.25. The molecule has 0 radical (unpaired) electrons. The second kappa shape index (κ2) is 5.06. The second-order valence-electron chi connectivity index (χ2n) is 5.80. The molecule has 0 spiro atoms. The van der Waals surface area contributed by atoms with Gasteiger partial charge in [0.05, 0.1) is 0 Å². The Bertz CT molecular complexity index is 373. The number of hydrogen-bond donors (Lipinski definition) is 1. The Balaban J connectivity index is 2.55. The second-order valence-corrected chi connectivity index (χ2v) is 5.80. The van der Waals surface area contributed by atoms with Gasteiger partial charge in [0.2, 0.25) is 0 Å². The molecular weight excluding hydrogens is 234 g/mol. The SMILES string of the molecule is CC(CNC(C)(C)C)CN1C(=O)C(=O)N(C)C1=O. The van der Waals surface area contributed by atoms with Gasteiger partial charge in [-0.25, -0.2) is 4.79 Å². The molecule has 6 nitrogen and oxygen atoms in total. The highest BCUT2D eigenvalue weighted by Gasteiger charge is 2.42. The van der Waals surface area contributed by atoms with Gasteiger partial charge in [0.15, 0.2) is 0 Å². The van der Waals surface area contributed by atoms with Gasteiger partial charge >= 0.3 is 17.8 Å². The van der Waals surface area contributed by atoms with E-state index in [0.29, 0.717) is 6.54 Å². The van der Waals surface area contributed by atoms with E-state index in [0.717, 1.165) is 9.80 Å². The van der Waals surface area contributed by atoms with Crippen molar-refractivity contribution in [3.8, 4) is 0 Å². The zero-order valence-corrected chi connectivity index (χ0v) is 11.6.